The van der Waals surface area contributed by atoms with Crippen LogP contribution < -0.4 is 15.5 Å². The number of hydrogen-bond donors (Lipinski definition) is 1. The van der Waals surface area contributed by atoms with E-state index < -0.39 is 4.92 Å². The molecule has 0 aliphatic carbocycles. The van der Waals surface area contributed by atoms with Crippen LogP contribution in [0.4, 0.5) is 23.3 Å². The quantitative estimate of drug-likeness (QED) is 0.635. The number of piperazine rings is 1. The van der Waals surface area contributed by atoms with E-state index in [9.17, 15) is 10.1 Å². The highest BCUT2D eigenvalue weighted by atomic mass is 16.6. The van der Waals surface area contributed by atoms with E-state index in [1.54, 1.807) is 0 Å². The fourth-order valence-corrected chi connectivity index (χ4v) is 4.08. The molecule has 3 heterocycles. The number of anilines is 3. The molecule has 26 heavy (non-hydrogen) atoms. The summed E-state index contributed by atoms with van der Waals surface area (Å²) >= 11 is 0. The number of rotatable bonds is 4. The van der Waals surface area contributed by atoms with Gasteiger partial charge < -0.3 is 20.4 Å². The lowest BCUT2D eigenvalue weighted by Gasteiger charge is -2.37. The van der Waals surface area contributed by atoms with Gasteiger partial charge in [-0.15, -0.1) is 0 Å². The molecule has 2 unspecified atom stereocenters. The van der Waals surface area contributed by atoms with Crippen molar-refractivity contribution >= 4 is 23.3 Å². The summed E-state index contributed by atoms with van der Waals surface area (Å²) in [6.45, 7) is 12.5. The molecule has 1 aromatic heterocycles. The molecule has 144 valence electrons. The van der Waals surface area contributed by atoms with Crippen LogP contribution in [-0.2, 0) is 0 Å². The lowest BCUT2D eigenvalue weighted by molar-refractivity contribution is -0.383. The van der Waals surface area contributed by atoms with E-state index in [1.165, 1.54) is 0 Å². The van der Waals surface area contributed by atoms with E-state index in [-0.39, 0.29) is 11.5 Å². The Balaban J connectivity index is 1.93. The smallest absolute Gasteiger partial charge is 0.353 e. The number of nitrogens with zero attached hydrogens (tertiary/aromatic N) is 6. The van der Waals surface area contributed by atoms with E-state index in [0.29, 0.717) is 23.6 Å². The number of likely N-dealkylation sites (N-methyl/N-ethyl adjacent to an activating group) is 1. The molecule has 3 rings (SSSR count). The zero-order chi connectivity index (χ0) is 18.8. The van der Waals surface area contributed by atoms with Crippen LogP contribution in [0, 0.1) is 22.0 Å². The van der Waals surface area contributed by atoms with Gasteiger partial charge in [-0.05, 0) is 24.8 Å². The minimum absolute atomic E-state index is 0.0428. The van der Waals surface area contributed by atoms with Crippen LogP contribution >= 0.6 is 0 Å². The summed E-state index contributed by atoms with van der Waals surface area (Å²) in [4.78, 5) is 26.5. The highest BCUT2D eigenvalue weighted by molar-refractivity contribution is 5.71. The van der Waals surface area contributed by atoms with Gasteiger partial charge in [0.1, 0.15) is 0 Å². The highest BCUT2D eigenvalue weighted by Crippen LogP contribution is 2.36. The molecule has 9 heteroatoms. The second-order valence-electron chi connectivity index (χ2n) is 7.61. The zero-order valence-corrected chi connectivity index (χ0v) is 15.9. The van der Waals surface area contributed by atoms with Gasteiger partial charge in [0.05, 0.1) is 4.92 Å². The van der Waals surface area contributed by atoms with E-state index >= 15 is 0 Å². The zero-order valence-electron chi connectivity index (χ0n) is 15.9. The Kier molecular flexibility index (Phi) is 5.45. The Hall–Kier alpha value is -2.16. The van der Waals surface area contributed by atoms with Crippen LogP contribution in [0.3, 0.4) is 0 Å². The molecule has 0 aromatic carbocycles. The first-order valence-electron chi connectivity index (χ1n) is 9.43. The lowest BCUT2D eigenvalue weighted by Crippen LogP contribution is -2.47. The Bertz CT molecular complexity index is 651. The maximum absolute atomic E-state index is 11.6. The van der Waals surface area contributed by atoms with Crippen LogP contribution in [-0.4, -0.2) is 65.6 Å². The Morgan fingerprint density at radius 1 is 1.12 bits per heavy atom. The third-order valence-electron chi connectivity index (χ3n) is 5.33. The maximum atomic E-state index is 11.6. The van der Waals surface area contributed by atoms with Gasteiger partial charge in [-0.2, -0.15) is 9.97 Å². The van der Waals surface area contributed by atoms with Gasteiger partial charge in [0.25, 0.3) is 0 Å². The van der Waals surface area contributed by atoms with Gasteiger partial charge in [-0.3, -0.25) is 10.1 Å². The van der Waals surface area contributed by atoms with E-state index in [1.807, 2.05) is 4.90 Å². The summed E-state index contributed by atoms with van der Waals surface area (Å²) in [5.41, 5.74) is 5.84. The first-order chi connectivity index (χ1) is 12.4. The van der Waals surface area contributed by atoms with Gasteiger partial charge in [-0.1, -0.05) is 20.8 Å². The normalized spacial score (nSPS) is 24.7. The average molecular weight is 363 g/mol. The summed E-state index contributed by atoms with van der Waals surface area (Å²) in [6.07, 6.45) is 1.12. The molecule has 0 bridgehead atoms. The molecular weight excluding hydrogens is 334 g/mol. The number of nitrogen functional groups attached to an aromatic ring is 1. The van der Waals surface area contributed by atoms with E-state index in [2.05, 4.69) is 40.5 Å². The summed E-state index contributed by atoms with van der Waals surface area (Å²) in [5, 5.41) is 11.6. The minimum Gasteiger partial charge on any atom is -0.378 e. The third kappa shape index (κ3) is 3.82. The van der Waals surface area contributed by atoms with Crippen molar-refractivity contribution < 1.29 is 4.92 Å². The van der Waals surface area contributed by atoms with Crippen LogP contribution in [0.25, 0.3) is 0 Å². The van der Waals surface area contributed by atoms with Crippen molar-refractivity contribution in [2.45, 2.75) is 27.2 Å². The average Bonchev–Trinajstić information content (AvgIpc) is 2.60. The van der Waals surface area contributed by atoms with Crippen molar-refractivity contribution in [2.75, 3.05) is 61.3 Å². The van der Waals surface area contributed by atoms with Gasteiger partial charge in [-0.25, -0.2) is 0 Å². The van der Waals surface area contributed by atoms with Crippen molar-refractivity contribution in [2.24, 2.45) is 11.8 Å². The van der Waals surface area contributed by atoms with E-state index in [4.69, 9.17) is 5.73 Å². The van der Waals surface area contributed by atoms with Crippen LogP contribution in [0.15, 0.2) is 0 Å². The molecule has 0 radical (unpaired) electrons. The predicted molar refractivity (Wildman–Crippen MR) is 103 cm³/mol. The van der Waals surface area contributed by atoms with Gasteiger partial charge >= 0.3 is 5.69 Å². The second-order valence-corrected chi connectivity index (χ2v) is 7.61. The molecular formula is C17H29N7O2. The largest absolute Gasteiger partial charge is 0.378 e. The standard InChI is InChI=1S/C17H29N7O2/c1-4-21-5-7-22(8-6-21)17-19-15(18)14(24(25)26)16(20-17)23-10-12(2)9-13(3)11-23/h12-13H,4-11H2,1-3H3,(H2,18,19,20). The molecule has 2 aliphatic heterocycles. The van der Waals surface area contributed by atoms with Crippen LogP contribution in [0.2, 0.25) is 0 Å². The Morgan fingerprint density at radius 3 is 2.27 bits per heavy atom. The van der Waals surface area contributed by atoms with Crippen molar-refractivity contribution in [1.82, 2.24) is 14.9 Å². The fraction of sp³-hybridized carbons (Fsp3) is 0.765. The molecule has 0 saturated carbocycles. The van der Waals surface area contributed by atoms with Crippen molar-refractivity contribution in [3.05, 3.63) is 10.1 Å². The maximum Gasteiger partial charge on any atom is 0.353 e. The molecule has 0 amide bonds. The van der Waals surface area contributed by atoms with Crippen molar-refractivity contribution in [3.63, 3.8) is 0 Å². The number of piperidine rings is 1. The highest BCUT2D eigenvalue weighted by Gasteiger charge is 2.32. The first-order valence-corrected chi connectivity index (χ1v) is 9.43. The van der Waals surface area contributed by atoms with E-state index in [0.717, 1.165) is 52.2 Å². The van der Waals surface area contributed by atoms with Crippen molar-refractivity contribution in [3.8, 4) is 0 Å². The number of hydrogen-bond acceptors (Lipinski definition) is 8. The molecule has 1 aromatic rings. The van der Waals surface area contributed by atoms with Crippen LogP contribution in [0.5, 0.6) is 0 Å². The Labute approximate surface area is 154 Å². The topological polar surface area (TPSA) is 105 Å². The minimum atomic E-state index is -0.451. The number of aromatic nitrogens is 2. The van der Waals surface area contributed by atoms with Crippen molar-refractivity contribution in [1.29, 1.82) is 0 Å². The summed E-state index contributed by atoms with van der Waals surface area (Å²) in [6, 6.07) is 0. The summed E-state index contributed by atoms with van der Waals surface area (Å²) < 4.78 is 0. The number of nitrogens with two attached hydrogens (primary N) is 1. The molecule has 2 atom stereocenters. The third-order valence-corrected chi connectivity index (χ3v) is 5.33. The fourth-order valence-electron chi connectivity index (χ4n) is 4.08. The van der Waals surface area contributed by atoms with Crippen LogP contribution in [0.1, 0.15) is 27.2 Å². The monoisotopic (exact) mass is 363 g/mol. The van der Waals surface area contributed by atoms with Gasteiger partial charge in [0.2, 0.25) is 17.6 Å². The molecule has 2 N–H and O–H groups in total. The Morgan fingerprint density at radius 2 is 1.73 bits per heavy atom. The predicted octanol–water partition coefficient (Wildman–Crippen LogP) is 1.59. The summed E-state index contributed by atoms with van der Waals surface area (Å²) in [5.74, 6) is 1.76. The number of nitro groups is 1. The lowest BCUT2D eigenvalue weighted by atomic mass is 9.92. The molecule has 2 fully saturated rings. The summed E-state index contributed by atoms with van der Waals surface area (Å²) in [7, 11) is 0. The molecule has 9 nitrogen and oxygen atoms in total. The van der Waals surface area contributed by atoms with Gasteiger partial charge in [0, 0.05) is 39.3 Å². The van der Waals surface area contributed by atoms with Gasteiger partial charge in [0.15, 0.2) is 0 Å². The second kappa shape index (κ2) is 7.61. The SMILES string of the molecule is CCN1CCN(c2nc(N)c([N+](=O)[O-])c(N3CC(C)CC(C)C3)n2)CC1. The molecule has 2 aliphatic rings. The first kappa shape index (κ1) is 18.6. The molecule has 0 spiro atoms. The molecule has 2 saturated heterocycles.